The Bertz CT molecular complexity index is 553. The third kappa shape index (κ3) is 5.30. The molecule has 0 aliphatic carbocycles. The van der Waals surface area contributed by atoms with Crippen molar-refractivity contribution < 1.29 is 23.1 Å². The number of rotatable bonds is 7. The van der Waals surface area contributed by atoms with Crippen LogP contribution in [0.2, 0.25) is 0 Å². The molecule has 0 radical (unpaired) electrons. The molecular formula is C12H15BrO5S. The van der Waals surface area contributed by atoms with E-state index in [0.29, 0.717) is 23.1 Å². The minimum Gasteiger partial charge on any atom is -0.478 e. The minimum atomic E-state index is -3.22. The molecule has 0 unspecified atom stereocenters. The Morgan fingerprint density at radius 3 is 2.63 bits per heavy atom. The van der Waals surface area contributed by atoms with Crippen molar-refractivity contribution in [2.45, 2.75) is 12.2 Å². The highest BCUT2D eigenvalue weighted by atomic mass is 79.9. The zero-order valence-corrected chi connectivity index (χ0v) is 12.8. The maximum Gasteiger partial charge on any atom is 0.335 e. The van der Waals surface area contributed by atoms with E-state index in [2.05, 4.69) is 15.9 Å². The summed E-state index contributed by atoms with van der Waals surface area (Å²) in [6.45, 7) is 0.401. The first-order chi connectivity index (χ1) is 8.85. The smallest absolute Gasteiger partial charge is 0.335 e. The van der Waals surface area contributed by atoms with E-state index in [9.17, 15) is 13.2 Å². The van der Waals surface area contributed by atoms with E-state index in [1.54, 1.807) is 0 Å². The van der Waals surface area contributed by atoms with Crippen LogP contribution in [0, 0.1) is 0 Å². The summed E-state index contributed by atoms with van der Waals surface area (Å²) in [4.78, 5) is 10.8. The summed E-state index contributed by atoms with van der Waals surface area (Å²) < 4.78 is 29.0. The van der Waals surface area contributed by atoms with Crippen LogP contribution in [-0.4, -0.2) is 39.0 Å². The Balaban J connectivity index is 2.79. The lowest BCUT2D eigenvalue weighted by molar-refractivity contribution is 0.0697. The molecule has 1 rings (SSSR count). The van der Waals surface area contributed by atoms with Gasteiger partial charge in [0.05, 0.1) is 17.1 Å². The van der Waals surface area contributed by atoms with Crippen molar-refractivity contribution in [2.24, 2.45) is 0 Å². The van der Waals surface area contributed by atoms with Gasteiger partial charge in [0, 0.05) is 18.2 Å². The molecule has 19 heavy (non-hydrogen) atoms. The lowest BCUT2D eigenvalue weighted by Gasteiger charge is -2.07. The predicted molar refractivity (Wildman–Crippen MR) is 75.1 cm³/mol. The first kappa shape index (κ1) is 16.1. The number of benzene rings is 1. The van der Waals surface area contributed by atoms with Gasteiger partial charge in [0.25, 0.3) is 0 Å². The zero-order chi connectivity index (χ0) is 14.5. The molecular weight excluding hydrogens is 336 g/mol. The fourth-order valence-electron chi connectivity index (χ4n) is 1.53. The lowest BCUT2D eigenvalue weighted by Crippen LogP contribution is -2.11. The summed E-state index contributed by atoms with van der Waals surface area (Å²) in [5.74, 6) is -1.11. The van der Waals surface area contributed by atoms with Gasteiger partial charge >= 0.3 is 5.97 Å². The number of carboxylic acids is 1. The Kier molecular flexibility index (Phi) is 5.96. The molecule has 0 amide bonds. The lowest BCUT2D eigenvalue weighted by atomic mass is 10.1. The maximum atomic E-state index is 11.9. The predicted octanol–water partition coefficient (Wildman–Crippen LogP) is 2.10. The normalized spacial score (nSPS) is 11.5. The summed E-state index contributed by atoms with van der Waals surface area (Å²) in [6.07, 6.45) is 0.448. The monoisotopic (exact) mass is 350 g/mol. The molecule has 0 saturated carbocycles. The number of ether oxygens (including phenoxy) is 1. The molecule has 0 saturated heterocycles. The van der Waals surface area contributed by atoms with Gasteiger partial charge in [-0.3, -0.25) is 0 Å². The van der Waals surface area contributed by atoms with Crippen molar-refractivity contribution in [2.75, 3.05) is 19.5 Å². The molecule has 0 bridgehead atoms. The standard InChI is InChI=1S/C12H15BrO5S/c1-18-5-2-6-19(16,17)8-10-4-3-9(12(14)15)7-11(10)13/h3-4,7H,2,5-6,8H2,1H3,(H,14,15). The molecule has 0 fully saturated rings. The number of sulfone groups is 1. The quantitative estimate of drug-likeness (QED) is 0.761. The first-order valence-corrected chi connectivity index (χ1v) is 8.18. The molecule has 1 N–H and O–H groups in total. The van der Waals surface area contributed by atoms with Crippen molar-refractivity contribution >= 4 is 31.7 Å². The van der Waals surface area contributed by atoms with Gasteiger partial charge < -0.3 is 9.84 Å². The minimum absolute atomic E-state index is 0.0496. The fraction of sp³-hybridized carbons (Fsp3) is 0.417. The summed E-state index contributed by atoms with van der Waals surface area (Å²) in [6, 6.07) is 4.32. The number of carbonyl (C=O) groups is 1. The summed E-state index contributed by atoms with van der Waals surface area (Å²) in [7, 11) is -1.70. The van der Waals surface area contributed by atoms with Crippen LogP contribution < -0.4 is 0 Å². The number of hydrogen-bond acceptors (Lipinski definition) is 4. The van der Waals surface area contributed by atoms with E-state index >= 15 is 0 Å². The Labute approximate surface area is 120 Å². The highest BCUT2D eigenvalue weighted by Crippen LogP contribution is 2.21. The average molecular weight is 351 g/mol. The topological polar surface area (TPSA) is 80.7 Å². The van der Waals surface area contributed by atoms with Gasteiger partial charge in [-0.05, 0) is 24.1 Å². The second-order valence-electron chi connectivity index (χ2n) is 4.05. The van der Waals surface area contributed by atoms with Crippen LogP contribution in [-0.2, 0) is 20.3 Å². The van der Waals surface area contributed by atoms with E-state index < -0.39 is 15.8 Å². The maximum absolute atomic E-state index is 11.9. The van der Waals surface area contributed by atoms with Crippen LogP contribution in [0.4, 0.5) is 0 Å². The van der Waals surface area contributed by atoms with Gasteiger partial charge in [0.2, 0.25) is 0 Å². The summed E-state index contributed by atoms with van der Waals surface area (Å²) in [5, 5.41) is 8.82. The molecule has 106 valence electrons. The number of hydrogen-bond donors (Lipinski definition) is 1. The number of methoxy groups -OCH3 is 1. The average Bonchev–Trinajstić information content (AvgIpc) is 2.31. The van der Waals surface area contributed by atoms with E-state index in [-0.39, 0.29) is 17.1 Å². The Morgan fingerprint density at radius 1 is 1.42 bits per heavy atom. The molecule has 0 aromatic heterocycles. The van der Waals surface area contributed by atoms with Crippen molar-refractivity contribution in [1.82, 2.24) is 0 Å². The van der Waals surface area contributed by atoms with Crippen molar-refractivity contribution in [3.05, 3.63) is 33.8 Å². The largest absolute Gasteiger partial charge is 0.478 e. The van der Waals surface area contributed by atoms with Crippen LogP contribution in [0.15, 0.2) is 22.7 Å². The molecule has 1 aromatic rings. The molecule has 1 aromatic carbocycles. The first-order valence-electron chi connectivity index (χ1n) is 5.57. The molecule has 0 atom stereocenters. The van der Waals surface area contributed by atoms with E-state index in [1.807, 2.05) is 0 Å². The van der Waals surface area contributed by atoms with Gasteiger partial charge in [-0.2, -0.15) is 0 Å². The van der Waals surface area contributed by atoms with Gasteiger partial charge in [-0.15, -0.1) is 0 Å². The van der Waals surface area contributed by atoms with Crippen LogP contribution in [0.1, 0.15) is 22.3 Å². The Morgan fingerprint density at radius 2 is 2.11 bits per heavy atom. The fourth-order valence-corrected chi connectivity index (χ4v) is 3.66. The third-order valence-corrected chi connectivity index (χ3v) is 4.88. The van der Waals surface area contributed by atoms with Gasteiger partial charge in [-0.1, -0.05) is 22.0 Å². The summed E-state index contributed by atoms with van der Waals surface area (Å²) >= 11 is 3.20. The van der Waals surface area contributed by atoms with Crippen LogP contribution in [0.25, 0.3) is 0 Å². The second-order valence-corrected chi connectivity index (χ2v) is 7.09. The van der Waals surface area contributed by atoms with Crippen LogP contribution in [0.5, 0.6) is 0 Å². The molecule has 5 nitrogen and oxygen atoms in total. The number of carboxylic acid groups (broad SMARTS) is 1. The second kappa shape index (κ2) is 7.02. The van der Waals surface area contributed by atoms with Crippen molar-refractivity contribution in [3.63, 3.8) is 0 Å². The number of aromatic carboxylic acids is 1. The molecule has 0 aliphatic rings. The molecule has 0 spiro atoms. The zero-order valence-electron chi connectivity index (χ0n) is 10.4. The molecule has 7 heteroatoms. The highest BCUT2D eigenvalue weighted by molar-refractivity contribution is 9.10. The highest BCUT2D eigenvalue weighted by Gasteiger charge is 2.15. The third-order valence-electron chi connectivity index (χ3n) is 2.48. The van der Waals surface area contributed by atoms with E-state index in [0.717, 1.165) is 0 Å². The van der Waals surface area contributed by atoms with Crippen molar-refractivity contribution in [1.29, 1.82) is 0 Å². The van der Waals surface area contributed by atoms with Crippen LogP contribution >= 0.6 is 15.9 Å². The molecule has 0 heterocycles. The van der Waals surface area contributed by atoms with Gasteiger partial charge in [0.1, 0.15) is 0 Å². The van der Waals surface area contributed by atoms with E-state index in [1.165, 1.54) is 25.3 Å². The molecule has 0 aliphatic heterocycles. The van der Waals surface area contributed by atoms with Gasteiger partial charge in [0.15, 0.2) is 9.84 Å². The Hall–Kier alpha value is -0.920. The van der Waals surface area contributed by atoms with Gasteiger partial charge in [-0.25, -0.2) is 13.2 Å². The SMILES string of the molecule is COCCCS(=O)(=O)Cc1ccc(C(=O)O)cc1Br. The summed E-state index contributed by atoms with van der Waals surface area (Å²) in [5.41, 5.74) is 0.676. The van der Waals surface area contributed by atoms with E-state index in [4.69, 9.17) is 9.84 Å². The van der Waals surface area contributed by atoms with Crippen molar-refractivity contribution in [3.8, 4) is 0 Å². The van der Waals surface area contributed by atoms with Crippen LogP contribution in [0.3, 0.4) is 0 Å². The number of halogens is 1.